The Kier molecular flexibility index (Phi) is 5.11. The summed E-state index contributed by atoms with van der Waals surface area (Å²) in [6.07, 6.45) is 0. The highest BCUT2D eigenvalue weighted by Gasteiger charge is 2.21. The Balaban J connectivity index is 1.56. The topological polar surface area (TPSA) is 38.9 Å². The van der Waals surface area contributed by atoms with Gasteiger partial charge in [-0.25, -0.2) is 9.97 Å². The third-order valence-corrected chi connectivity index (χ3v) is 6.74. The lowest BCUT2D eigenvalue weighted by Crippen LogP contribution is -1.96. The van der Waals surface area contributed by atoms with Crippen LogP contribution < -0.4 is 0 Å². The summed E-state index contributed by atoms with van der Waals surface area (Å²) in [5, 5.41) is 0.983. The molecule has 0 saturated heterocycles. The first kappa shape index (κ1) is 21.3. The highest BCUT2D eigenvalue weighted by Crippen LogP contribution is 2.40. The molecule has 0 aliphatic rings. The zero-order chi connectivity index (χ0) is 24.6. The molecule has 174 valence electrons. The summed E-state index contributed by atoms with van der Waals surface area (Å²) in [7, 11) is 0. The van der Waals surface area contributed by atoms with Crippen LogP contribution in [0, 0.1) is 0 Å². The second-order valence-corrected chi connectivity index (χ2v) is 8.99. The van der Waals surface area contributed by atoms with E-state index < -0.39 is 0 Å². The molecule has 2 heterocycles. The van der Waals surface area contributed by atoms with E-state index >= 15 is 0 Å². The molecule has 0 aliphatic carbocycles. The van der Waals surface area contributed by atoms with E-state index in [1.165, 1.54) is 0 Å². The maximum atomic E-state index is 6.41. The van der Waals surface area contributed by atoms with Gasteiger partial charge in [0.2, 0.25) is 0 Å². The molecule has 0 N–H and O–H groups in total. The smallest absolute Gasteiger partial charge is 0.180 e. The van der Waals surface area contributed by atoms with Crippen molar-refractivity contribution in [1.82, 2.24) is 9.97 Å². The maximum Gasteiger partial charge on any atom is 0.180 e. The van der Waals surface area contributed by atoms with Gasteiger partial charge in [0.1, 0.15) is 16.8 Å². The quantitative estimate of drug-likeness (QED) is 0.255. The Hall–Kier alpha value is -5.02. The van der Waals surface area contributed by atoms with E-state index in [1.807, 2.05) is 36.4 Å². The van der Waals surface area contributed by atoms with Crippen LogP contribution in [-0.4, -0.2) is 9.97 Å². The van der Waals surface area contributed by atoms with Crippen molar-refractivity contribution < 1.29 is 4.42 Å². The van der Waals surface area contributed by atoms with E-state index in [2.05, 4.69) is 97.1 Å². The standard InChI is InChI=1S/C34H22N2O/c1-3-13-23(14-4-1)25-17-7-9-19-27(25)31-33-32(29-21-11-12-22-30(29)37-33)36-34(35-31)28-20-10-8-18-26(28)24-15-5-2-6-16-24/h1-22H. The number of rotatable bonds is 4. The van der Waals surface area contributed by atoms with E-state index in [1.54, 1.807) is 0 Å². The van der Waals surface area contributed by atoms with Gasteiger partial charge in [-0.05, 0) is 34.4 Å². The average molecular weight is 475 g/mol. The van der Waals surface area contributed by atoms with Gasteiger partial charge in [0, 0.05) is 16.5 Å². The van der Waals surface area contributed by atoms with Crippen LogP contribution in [0.1, 0.15) is 0 Å². The first-order valence-electron chi connectivity index (χ1n) is 12.4. The summed E-state index contributed by atoms with van der Waals surface area (Å²) in [5.74, 6) is 0.677. The second-order valence-electron chi connectivity index (χ2n) is 8.99. The lowest BCUT2D eigenvalue weighted by atomic mass is 9.96. The fourth-order valence-corrected chi connectivity index (χ4v) is 5.00. The Labute approximate surface area is 214 Å². The molecule has 0 atom stereocenters. The molecular weight excluding hydrogens is 452 g/mol. The molecule has 0 radical (unpaired) electrons. The minimum atomic E-state index is 0.677. The Morgan fingerprint density at radius 2 is 0.946 bits per heavy atom. The van der Waals surface area contributed by atoms with Crippen LogP contribution in [0.4, 0.5) is 0 Å². The van der Waals surface area contributed by atoms with Crippen molar-refractivity contribution in [3.8, 4) is 44.9 Å². The van der Waals surface area contributed by atoms with Crippen molar-refractivity contribution in [2.75, 3.05) is 0 Å². The molecule has 0 fully saturated rings. The predicted molar refractivity (Wildman–Crippen MR) is 151 cm³/mol. The highest BCUT2D eigenvalue weighted by molar-refractivity contribution is 6.08. The van der Waals surface area contributed by atoms with E-state index in [0.29, 0.717) is 11.4 Å². The van der Waals surface area contributed by atoms with E-state index in [-0.39, 0.29) is 0 Å². The molecule has 7 rings (SSSR count). The van der Waals surface area contributed by atoms with Crippen LogP contribution in [0.5, 0.6) is 0 Å². The van der Waals surface area contributed by atoms with E-state index in [9.17, 15) is 0 Å². The summed E-state index contributed by atoms with van der Waals surface area (Å²) >= 11 is 0. The molecule has 0 amide bonds. The van der Waals surface area contributed by atoms with Crippen molar-refractivity contribution in [3.05, 3.63) is 133 Å². The van der Waals surface area contributed by atoms with Gasteiger partial charge < -0.3 is 4.42 Å². The molecule has 0 aliphatic heterocycles. The van der Waals surface area contributed by atoms with Crippen LogP contribution in [0.25, 0.3) is 67.0 Å². The second kappa shape index (κ2) is 8.89. The van der Waals surface area contributed by atoms with Gasteiger partial charge >= 0.3 is 0 Å². The van der Waals surface area contributed by atoms with Crippen molar-refractivity contribution >= 4 is 22.1 Å². The number of fused-ring (bicyclic) bond motifs is 3. The summed E-state index contributed by atoms with van der Waals surface area (Å²) in [6, 6.07) is 45.6. The number of furan rings is 1. The van der Waals surface area contributed by atoms with Crippen molar-refractivity contribution in [2.45, 2.75) is 0 Å². The van der Waals surface area contributed by atoms with Gasteiger partial charge in [-0.15, -0.1) is 0 Å². The molecule has 2 aromatic heterocycles. The molecule has 37 heavy (non-hydrogen) atoms. The normalized spacial score (nSPS) is 11.2. The monoisotopic (exact) mass is 474 g/mol. The number of nitrogens with zero attached hydrogens (tertiary/aromatic N) is 2. The third kappa shape index (κ3) is 3.69. The number of benzene rings is 5. The fraction of sp³-hybridized carbons (Fsp3) is 0. The largest absolute Gasteiger partial charge is 0.452 e. The lowest BCUT2D eigenvalue weighted by Gasteiger charge is -2.13. The zero-order valence-electron chi connectivity index (χ0n) is 20.0. The van der Waals surface area contributed by atoms with Gasteiger partial charge in [-0.3, -0.25) is 0 Å². The molecule has 0 unspecified atom stereocenters. The van der Waals surface area contributed by atoms with Crippen LogP contribution >= 0.6 is 0 Å². The van der Waals surface area contributed by atoms with Gasteiger partial charge in [-0.1, -0.05) is 121 Å². The molecular formula is C34H22N2O. The van der Waals surface area contributed by atoms with Gasteiger partial charge in [0.05, 0.1) is 0 Å². The fourth-order valence-electron chi connectivity index (χ4n) is 5.00. The molecule has 7 aromatic rings. The SMILES string of the molecule is c1ccc(-c2ccccc2-c2nc(-c3ccccc3-c3ccccc3)c3oc4ccccc4c3n2)cc1. The van der Waals surface area contributed by atoms with Crippen LogP contribution in [0.15, 0.2) is 138 Å². The number of para-hydroxylation sites is 1. The van der Waals surface area contributed by atoms with E-state index in [4.69, 9.17) is 14.4 Å². The third-order valence-electron chi connectivity index (χ3n) is 6.74. The number of aromatic nitrogens is 2. The van der Waals surface area contributed by atoms with Gasteiger partial charge in [-0.2, -0.15) is 0 Å². The van der Waals surface area contributed by atoms with Crippen molar-refractivity contribution in [3.63, 3.8) is 0 Å². The van der Waals surface area contributed by atoms with Crippen molar-refractivity contribution in [2.24, 2.45) is 0 Å². The number of hydrogen-bond acceptors (Lipinski definition) is 3. The molecule has 0 saturated carbocycles. The maximum absolute atomic E-state index is 6.41. The van der Waals surface area contributed by atoms with Crippen LogP contribution in [0.2, 0.25) is 0 Å². The first-order valence-corrected chi connectivity index (χ1v) is 12.4. The Bertz CT molecular complexity index is 1870. The van der Waals surface area contributed by atoms with Crippen LogP contribution in [0.3, 0.4) is 0 Å². The predicted octanol–water partition coefficient (Wildman–Crippen LogP) is 9.04. The molecule has 0 spiro atoms. The van der Waals surface area contributed by atoms with Gasteiger partial charge in [0.15, 0.2) is 11.4 Å². The summed E-state index contributed by atoms with van der Waals surface area (Å²) in [5.41, 5.74) is 9.57. The minimum absolute atomic E-state index is 0.677. The van der Waals surface area contributed by atoms with Crippen LogP contribution in [-0.2, 0) is 0 Å². The van der Waals surface area contributed by atoms with Gasteiger partial charge in [0.25, 0.3) is 0 Å². The highest BCUT2D eigenvalue weighted by atomic mass is 16.3. The van der Waals surface area contributed by atoms with Crippen molar-refractivity contribution in [1.29, 1.82) is 0 Å². The summed E-state index contributed by atoms with van der Waals surface area (Å²) < 4.78 is 6.41. The Morgan fingerprint density at radius 3 is 1.62 bits per heavy atom. The molecule has 3 heteroatoms. The lowest BCUT2D eigenvalue weighted by molar-refractivity contribution is 0.667. The Morgan fingerprint density at radius 1 is 0.432 bits per heavy atom. The van der Waals surface area contributed by atoms with E-state index in [0.717, 1.165) is 55.6 Å². The molecule has 3 nitrogen and oxygen atoms in total. The summed E-state index contributed by atoms with van der Waals surface area (Å²) in [4.78, 5) is 10.3. The first-order chi connectivity index (χ1) is 18.4. The molecule has 0 bridgehead atoms. The minimum Gasteiger partial charge on any atom is -0.452 e. The summed E-state index contributed by atoms with van der Waals surface area (Å²) in [6.45, 7) is 0. The zero-order valence-corrected chi connectivity index (χ0v) is 20.0. The average Bonchev–Trinajstić information content (AvgIpc) is 3.36. The number of hydrogen-bond donors (Lipinski definition) is 0. The molecule has 5 aromatic carbocycles.